The molecule has 0 aromatic heterocycles. The van der Waals surface area contributed by atoms with Crippen molar-refractivity contribution < 1.29 is 18.0 Å². The van der Waals surface area contributed by atoms with E-state index in [1.165, 1.54) is 19.1 Å². The smallest absolute Gasteiger partial charge is 0.260 e. The van der Waals surface area contributed by atoms with Gasteiger partial charge in [0, 0.05) is 17.6 Å². The van der Waals surface area contributed by atoms with Crippen LogP contribution in [0.2, 0.25) is 5.02 Å². The zero-order valence-corrected chi connectivity index (χ0v) is 17.7. The lowest BCUT2D eigenvalue weighted by Gasteiger charge is -2.21. The summed E-state index contributed by atoms with van der Waals surface area (Å²) in [5.41, 5.74) is 4.57. The summed E-state index contributed by atoms with van der Waals surface area (Å²) in [4.78, 5) is 23.3. The van der Waals surface area contributed by atoms with E-state index in [9.17, 15) is 18.0 Å². The third-order valence-electron chi connectivity index (χ3n) is 3.77. The maximum absolute atomic E-state index is 12.3. The highest BCUT2D eigenvalue weighted by atomic mass is 35.5. The molecular formula is C19H21ClN4O4S. The normalized spacial score (nSPS) is 11.7. The van der Waals surface area contributed by atoms with Gasteiger partial charge < -0.3 is 5.32 Å². The number of carbonyl (C=O) groups is 2. The number of hydrogen-bond acceptors (Lipinski definition) is 5. The monoisotopic (exact) mass is 436 g/mol. The third kappa shape index (κ3) is 6.88. The first kappa shape index (κ1) is 22.4. The number of hydrazone groups is 1. The van der Waals surface area contributed by atoms with Crippen LogP contribution >= 0.6 is 11.6 Å². The predicted molar refractivity (Wildman–Crippen MR) is 115 cm³/mol. The number of halogens is 1. The first-order chi connectivity index (χ1) is 13.6. The van der Waals surface area contributed by atoms with Gasteiger partial charge in [0.1, 0.15) is 6.54 Å². The molecule has 0 spiro atoms. The molecule has 2 rings (SSSR count). The molecule has 0 aliphatic heterocycles. The van der Waals surface area contributed by atoms with Crippen LogP contribution in [0.15, 0.2) is 53.6 Å². The Labute approximate surface area is 174 Å². The quantitative estimate of drug-likeness (QED) is 0.513. The van der Waals surface area contributed by atoms with E-state index < -0.39 is 22.5 Å². The highest BCUT2D eigenvalue weighted by Gasteiger charge is 2.20. The largest absolute Gasteiger partial charge is 0.326 e. The van der Waals surface area contributed by atoms with Gasteiger partial charge >= 0.3 is 0 Å². The number of anilines is 2. The highest BCUT2D eigenvalue weighted by Crippen LogP contribution is 2.20. The number of carbonyl (C=O) groups excluding carboxylic acids is 2. The van der Waals surface area contributed by atoms with Gasteiger partial charge in [-0.3, -0.25) is 13.9 Å². The molecule has 0 radical (unpaired) electrons. The Bertz CT molecular complexity index is 1020. The molecule has 0 atom stereocenters. The number of hydrogen-bond donors (Lipinski definition) is 2. The van der Waals surface area contributed by atoms with Gasteiger partial charge in [-0.1, -0.05) is 23.7 Å². The van der Waals surface area contributed by atoms with Gasteiger partial charge in [-0.15, -0.1) is 0 Å². The lowest BCUT2D eigenvalue weighted by molar-refractivity contribution is -0.119. The van der Waals surface area contributed by atoms with Crippen molar-refractivity contribution >= 4 is 50.5 Å². The number of rotatable bonds is 7. The molecular weight excluding hydrogens is 416 g/mol. The maximum atomic E-state index is 12.3. The van der Waals surface area contributed by atoms with Crippen LogP contribution in [-0.2, 0) is 19.6 Å². The molecule has 2 N–H and O–H groups in total. The van der Waals surface area contributed by atoms with Gasteiger partial charge in [0.15, 0.2) is 0 Å². The highest BCUT2D eigenvalue weighted by molar-refractivity contribution is 7.92. The predicted octanol–water partition coefficient (Wildman–Crippen LogP) is 2.60. The Kier molecular flexibility index (Phi) is 7.35. The van der Waals surface area contributed by atoms with Gasteiger partial charge in [0.25, 0.3) is 5.91 Å². The van der Waals surface area contributed by atoms with E-state index in [1.807, 2.05) is 0 Å². The van der Waals surface area contributed by atoms with E-state index in [1.54, 1.807) is 43.3 Å². The first-order valence-electron chi connectivity index (χ1n) is 8.50. The Hall–Kier alpha value is -2.91. The van der Waals surface area contributed by atoms with Crippen molar-refractivity contribution in [2.75, 3.05) is 22.4 Å². The third-order valence-corrected chi connectivity index (χ3v) is 5.17. The second kappa shape index (κ2) is 9.53. The maximum Gasteiger partial charge on any atom is 0.260 e. The molecule has 10 heteroatoms. The first-order valence-corrected chi connectivity index (χ1v) is 10.7. The molecule has 0 fully saturated rings. The second-order valence-electron chi connectivity index (χ2n) is 6.24. The fourth-order valence-electron chi connectivity index (χ4n) is 2.38. The van der Waals surface area contributed by atoms with Crippen LogP contribution in [0.4, 0.5) is 11.4 Å². The van der Waals surface area contributed by atoms with Crippen molar-refractivity contribution in [2.24, 2.45) is 5.10 Å². The zero-order valence-electron chi connectivity index (χ0n) is 16.1. The molecule has 0 saturated heterocycles. The molecule has 0 saturated carbocycles. The SMILES string of the molecule is CC(=O)Nc1ccc(/C(C)=N\NC(=O)CN(c2ccc(Cl)cc2)S(C)(=O)=O)cc1. The molecule has 8 nitrogen and oxygen atoms in total. The van der Waals surface area contributed by atoms with Crippen LogP contribution in [0.25, 0.3) is 0 Å². The summed E-state index contributed by atoms with van der Waals surface area (Å²) in [6, 6.07) is 13.0. The number of nitrogens with zero attached hydrogens (tertiary/aromatic N) is 2. The summed E-state index contributed by atoms with van der Waals surface area (Å²) in [7, 11) is -3.68. The summed E-state index contributed by atoms with van der Waals surface area (Å²) in [6.45, 7) is 2.68. The minimum atomic E-state index is -3.68. The van der Waals surface area contributed by atoms with E-state index in [2.05, 4.69) is 15.8 Å². The van der Waals surface area contributed by atoms with Crippen molar-refractivity contribution in [1.29, 1.82) is 0 Å². The van der Waals surface area contributed by atoms with Crippen LogP contribution in [0.3, 0.4) is 0 Å². The van der Waals surface area contributed by atoms with Gasteiger partial charge in [-0.2, -0.15) is 5.10 Å². The minimum Gasteiger partial charge on any atom is -0.326 e. The Morgan fingerprint density at radius 2 is 1.62 bits per heavy atom. The topological polar surface area (TPSA) is 108 Å². The van der Waals surface area contributed by atoms with Crippen molar-refractivity contribution in [3.05, 3.63) is 59.1 Å². The molecule has 0 aliphatic carbocycles. The molecule has 0 bridgehead atoms. The Morgan fingerprint density at radius 3 is 2.14 bits per heavy atom. The van der Waals surface area contributed by atoms with Crippen molar-refractivity contribution in [1.82, 2.24) is 5.43 Å². The van der Waals surface area contributed by atoms with E-state index in [0.29, 0.717) is 22.1 Å². The molecule has 0 unspecified atom stereocenters. The molecule has 2 aromatic rings. The molecule has 0 aliphatic rings. The Balaban J connectivity index is 2.07. The van der Waals surface area contributed by atoms with Crippen molar-refractivity contribution in [3.8, 4) is 0 Å². The molecule has 2 amide bonds. The lowest BCUT2D eigenvalue weighted by atomic mass is 10.1. The fourth-order valence-corrected chi connectivity index (χ4v) is 3.36. The Morgan fingerprint density at radius 1 is 1.03 bits per heavy atom. The average molecular weight is 437 g/mol. The van der Waals surface area contributed by atoms with Gasteiger partial charge in [-0.25, -0.2) is 13.8 Å². The minimum absolute atomic E-state index is 0.175. The van der Waals surface area contributed by atoms with E-state index in [-0.39, 0.29) is 5.91 Å². The van der Waals surface area contributed by atoms with Gasteiger partial charge in [0.05, 0.1) is 17.7 Å². The zero-order chi connectivity index (χ0) is 21.6. The lowest BCUT2D eigenvalue weighted by Crippen LogP contribution is -2.39. The molecule has 2 aromatic carbocycles. The summed E-state index contributed by atoms with van der Waals surface area (Å²) < 4.78 is 25.1. The van der Waals surface area contributed by atoms with E-state index in [4.69, 9.17) is 11.6 Å². The van der Waals surface area contributed by atoms with Gasteiger partial charge in [0.2, 0.25) is 15.9 Å². The van der Waals surface area contributed by atoms with Crippen LogP contribution in [0.5, 0.6) is 0 Å². The van der Waals surface area contributed by atoms with Crippen LogP contribution in [0.1, 0.15) is 19.4 Å². The summed E-state index contributed by atoms with van der Waals surface area (Å²) in [5, 5.41) is 7.13. The van der Waals surface area contributed by atoms with E-state index in [0.717, 1.165) is 16.1 Å². The van der Waals surface area contributed by atoms with Gasteiger partial charge in [-0.05, 0) is 48.9 Å². The molecule has 154 valence electrons. The fraction of sp³-hybridized carbons (Fsp3) is 0.211. The summed E-state index contributed by atoms with van der Waals surface area (Å²) in [6.07, 6.45) is 1.01. The summed E-state index contributed by atoms with van der Waals surface area (Å²) in [5.74, 6) is -0.772. The van der Waals surface area contributed by atoms with Crippen LogP contribution in [-0.4, -0.2) is 38.7 Å². The number of amides is 2. The number of benzene rings is 2. The second-order valence-corrected chi connectivity index (χ2v) is 8.58. The summed E-state index contributed by atoms with van der Waals surface area (Å²) >= 11 is 5.83. The number of sulfonamides is 1. The van der Waals surface area contributed by atoms with E-state index >= 15 is 0 Å². The van der Waals surface area contributed by atoms with Crippen molar-refractivity contribution in [2.45, 2.75) is 13.8 Å². The average Bonchev–Trinajstić information content (AvgIpc) is 2.64. The van der Waals surface area contributed by atoms with Crippen molar-refractivity contribution in [3.63, 3.8) is 0 Å². The molecule has 0 heterocycles. The number of nitrogens with one attached hydrogen (secondary N) is 2. The van der Waals surface area contributed by atoms with Crippen LogP contribution in [0, 0.1) is 0 Å². The molecule has 29 heavy (non-hydrogen) atoms. The standard InChI is InChI=1S/C19H21ClN4O4S/c1-13(15-4-8-17(9-5-15)21-14(2)25)22-23-19(26)12-24(29(3,27)28)18-10-6-16(20)7-11-18/h4-11H,12H2,1-3H3,(H,21,25)(H,23,26)/b22-13-. The van der Waals surface area contributed by atoms with Crippen LogP contribution < -0.4 is 15.0 Å².